The van der Waals surface area contributed by atoms with Gasteiger partial charge in [-0.2, -0.15) is 0 Å². The van der Waals surface area contributed by atoms with E-state index in [2.05, 4.69) is 27.3 Å². The van der Waals surface area contributed by atoms with Crippen LogP contribution in [0.15, 0.2) is 41.5 Å². The standard InChI is InChI=1S/C18H20N4O4/c23-16(19-8-17(24)25)11-22-12-20-15-10-21(7-6-14(15)18(22)26)9-13-4-2-1-3-5-13/h1-5,12H,6-11H2,(H,19,23)(H,24,25). The molecular weight excluding hydrogens is 336 g/mol. The van der Waals surface area contributed by atoms with Crippen LogP contribution in [0.4, 0.5) is 0 Å². The molecule has 0 bridgehead atoms. The van der Waals surface area contributed by atoms with E-state index < -0.39 is 18.4 Å². The first-order valence-electron chi connectivity index (χ1n) is 8.35. The van der Waals surface area contributed by atoms with Crippen LogP contribution in [0.5, 0.6) is 0 Å². The van der Waals surface area contributed by atoms with Crippen molar-refractivity contribution in [1.82, 2.24) is 19.8 Å². The zero-order valence-corrected chi connectivity index (χ0v) is 14.2. The highest BCUT2D eigenvalue weighted by molar-refractivity contribution is 5.80. The van der Waals surface area contributed by atoms with Crippen molar-refractivity contribution in [2.75, 3.05) is 13.1 Å². The maximum absolute atomic E-state index is 12.6. The lowest BCUT2D eigenvalue weighted by Gasteiger charge is -2.27. The average Bonchev–Trinajstić information content (AvgIpc) is 2.63. The first-order chi connectivity index (χ1) is 12.5. The molecule has 0 radical (unpaired) electrons. The number of nitrogens with one attached hydrogen (secondary N) is 1. The van der Waals surface area contributed by atoms with Gasteiger partial charge in [0.1, 0.15) is 13.1 Å². The van der Waals surface area contributed by atoms with Crippen molar-refractivity contribution in [1.29, 1.82) is 0 Å². The Morgan fingerprint density at radius 3 is 2.73 bits per heavy atom. The summed E-state index contributed by atoms with van der Waals surface area (Å²) in [6.45, 7) is 1.42. The van der Waals surface area contributed by atoms with E-state index in [0.717, 1.165) is 18.8 Å². The molecule has 8 nitrogen and oxygen atoms in total. The Morgan fingerprint density at radius 1 is 1.23 bits per heavy atom. The molecule has 1 aliphatic heterocycles. The summed E-state index contributed by atoms with van der Waals surface area (Å²) in [7, 11) is 0. The fraction of sp³-hybridized carbons (Fsp3) is 0.333. The van der Waals surface area contributed by atoms with E-state index in [-0.39, 0.29) is 12.1 Å². The van der Waals surface area contributed by atoms with Crippen molar-refractivity contribution in [3.63, 3.8) is 0 Å². The van der Waals surface area contributed by atoms with E-state index in [1.165, 1.54) is 16.5 Å². The summed E-state index contributed by atoms with van der Waals surface area (Å²) in [5, 5.41) is 10.8. The van der Waals surface area contributed by atoms with Gasteiger partial charge in [-0.25, -0.2) is 4.98 Å². The molecule has 1 aromatic carbocycles. The first kappa shape index (κ1) is 17.8. The molecule has 3 rings (SSSR count). The van der Waals surface area contributed by atoms with Crippen LogP contribution < -0.4 is 10.9 Å². The predicted molar refractivity (Wildman–Crippen MR) is 93.4 cm³/mol. The van der Waals surface area contributed by atoms with E-state index in [1.54, 1.807) is 0 Å². The van der Waals surface area contributed by atoms with Gasteiger partial charge < -0.3 is 10.4 Å². The van der Waals surface area contributed by atoms with Crippen LogP contribution in [0.25, 0.3) is 0 Å². The fourth-order valence-electron chi connectivity index (χ4n) is 2.99. The summed E-state index contributed by atoms with van der Waals surface area (Å²) in [5.74, 6) is -1.66. The van der Waals surface area contributed by atoms with Crippen LogP contribution in [0.1, 0.15) is 16.8 Å². The second kappa shape index (κ2) is 7.92. The Morgan fingerprint density at radius 2 is 2.00 bits per heavy atom. The number of carbonyl (C=O) groups excluding carboxylic acids is 1. The van der Waals surface area contributed by atoms with Crippen molar-refractivity contribution in [2.45, 2.75) is 26.1 Å². The molecule has 0 atom stereocenters. The molecule has 136 valence electrons. The summed E-state index contributed by atoms with van der Waals surface area (Å²) >= 11 is 0. The van der Waals surface area contributed by atoms with Gasteiger partial charge in [-0.3, -0.25) is 23.9 Å². The van der Waals surface area contributed by atoms with Crippen LogP contribution in [-0.4, -0.2) is 44.5 Å². The molecule has 0 saturated heterocycles. The lowest BCUT2D eigenvalue weighted by Crippen LogP contribution is -2.39. The van der Waals surface area contributed by atoms with Crippen LogP contribution in [0.3, 0.4) is 0 Å². The van der Waals surface area contributed by atoms with Gasteiger partial charge in [0.05, 0.1) is 12.0 Å². The van der Waals surface area contributed by atoms with E-state index >= 15 is 0 Å². The molecule has 0 fully saturated rings. The maximum Gasteiger partial charge on any atom is 0.322 e. The summed E-state index contributed by atoms with van der Waals surface area (Å²) in [6.07, 6.45) is 1.93. The zero-order chi connectivity index (χ0) is 18.5. The highest BCUT2D eigenvalue weighted by Gasteiger charge is 2.21. The largest absolute Gasteiger partial charge is 0.480 e. The summed E-state index contributed by atoms with van der Waals surface area (Å²) < 4.78 is 1.23. The number of hydrogen-bond acceptors (Lipinski definition) is 5. The molecule has 8 heteroatoms. The number of carboxylic acids is 1. The smallest absolute Gasteiger partial charge is 0.322 e. The molecule has 0 aliphatic carbocycles. The van der Waals surface area contributed by atoms with Gasteiger partial charge in [0.25, 0.3) is 5.56 Å². The van der Waals surface area contributed by atoms with Gasteiger partial charge in [-0.15, -0.1) is 0 Å². The van der Waals surface area contributed by atoms with Gasteiger partial charge in [0, 0.05) is 25.2 Å². The molecule has 0 spiro atoms. The third-order valence-corrected chi connectivity index (χ3v) is 4.27. The second-order valence-corrected chi connectivity index (χ2v) is 6.22. The third kappa shape index (κ3) is 4.34. The number of aliphatic carboxylic acids is 1. The number of carbonyl (C=O) groups is 2. The normalized spacial score (nSPS) is 13.8. The van der Waals surface area contributed by atoms with E-state index in [9.17, 15) is 14.4 Å². The minimum Gasteiger partial charge on any atom is -0.480 e. The number of hydrogen-bond donors (Lipinski definition) is 2. The number of aromatic nitrogens is 2. The van der Waals surface area contributed by atoms with Crippen molar-refractivity contribution >= 4 is 11.9 Å². The van der Waals surface area contributed by atoms with Gasteiger partial charge >= 0.3 is 5.97 Å². The number of rotatable bonds is 6. The SMILES string of the molecule is O=C(O)CNC(=O)Cn1cnc2c(c1=O)CCN(Cc1ccccc1)C2. The van der Waals surface area contributed by atoms with Crippen molar-refractivity contribution in [3.8, 4) is 0 Å². The third-order valence-electron chi connectivity index (χ3n) is 4.27. The Hall–Kier alpha value is -3.00. The lowest BCUT2D eigenvalue weighted by atomic mass is 10.1. The Labute approximate surface area is 150 Å². The van der Waals surface area contributed by atoms with Crippen molar-refractivity contribution < 1.29 is 14.7 Å². The monoisotopic (exact) mass is 356 g/mol. The Bertz CT molecular complexity index is 863. The molecular formula is C18H20N4O4. The topological polar surface area (TPSA) is 105 Å². The van der Waals surface area contributed by atoms with Crippen LogP contribution in [-0.2, 0) is 35.6 Å². The number of nitrogens with zero attached hydrogens (tertiary/aromatic N) is 3. The molecule has 1 aliphatic rings. The maximum atomic E-state index is 12.6. The molecule has 0 unspecified atom stereocenters. The van der Waals surface area contributed by atoms with Crippen LogP contribution >= 0.6 is 0 Å². The molecule has 2 N–H and O–H groups in total. The van der Waals surface area contributed by atoms with E-state index in [0.29, 0.717) is 18.5 Å². The zero-order valence-electron chi connectivity index (χ0n) is 14.2. The summed E-state index contributed by atoms with van der Waals surface area (Å²) in [5.41, 5.74) is 2.33. The number of amides is 1. The van der Waals surface area contributed by atoms with Crippen molar-refractivity contribution in [2.24, 2.45) is 0 Å². The van der Waals surface area contributed by atoms with E-state index in [4.69, 9.17) is 5.11 Å². The highest BCUT2D eigenvalue weighted by Crippen LogP contribution is 2.16. The Kier molecular flexibility index (Phi) is 5.43. The second-order valence-electron chi connectivity index (χ2n) is 6.22. The summed E-state index contributed by atoms with van der Waals surface area (Å²) in [4.78, 5) is 41.3. The predicted octanol–water partition coefficient (Wildman–Crippen LogP) is 0.00240. The Balaban J connectivity index is 1.67. The molecule has 1 aromatic heterocycles. The molecule has 2 aromatic rings. The van der Waals surface area contributed by atoms with Crippen LogP contribution in [0, 0.1) is 0 Å². The van der Waals surface area contributed by atoms with Gasteiger partial charge in [-0.05, 0) is 12.0 Å². The van der Waals surface area contributed by atoms with Gasteiger partial charge in [-0.1, -0.05) is 30.3 Å². The number of benzene rings is 1. The van der Waals surface area contributed by atoms with Crippen molar-refractivity contribution in [3.05, 3.63) is 63.8 Å². The number of carboxylic acid groups (broad SMARTS) is 1. The van der Waals surface area contributed by atoms with Gasteiger partial charge in [0.2, 0.25) is 5.91 Å². The first-order valence-corrected chi connectivity index (χ1v) is 8.35. The quantitative estimate of drug-likeness (QED) is 0.755. The number of fused-ring (bicyclic) bond motifs is 1. The molecule has 1 amide bonds. The van der Waals surface area contributed by atoms with E-state index in [1.807, 2.05) is 18.2 Å². The summed E-state index contributed by atoms with van der Waals surface area (Å²) in [6, 6.07) is 10.1. The molecule has 2 heterocycles. The molecule has 26 heavy (non-hydrogen) atoms. The fourth-order valence-corrected chi connectivity index (χ4v) is 2.99. The van der Waals surface area contributed by atoms with Gasteiger partial charge in [0.15, 0.2) is 0 Å². The average molecular weight is 356 g/mol. The minimum absolute atomic E-state index is 0.236. The molecule has 0 saturated carbocycles. The highest BCUT2D eigenvalue weighted by atomic mass is 16.4. The minimum atomic E-state index is -1.13. The lowest BCUT2D eigenvalue weighted by molar-refractivity contribution is -0.138. The van der Waals surface area contributed by atoms with Crippen LogP contribution in [0.2, 0.25) is 0 Å².